The molecule has 0 saturated carbocycles. The quantitative estimate of drug-likeness (QED) is 0.494. The van der Waals surface area contributed by atoms with Crippen LogP contribution in [0.3, 0.4) is 0 Å². The Hall–Kier alpha value is -2.69. The number of benzene rings is 2. The third kappa shape index (κ3) is 4.77. The molecule has 2 atom stereocenters. The van der Waals surface area contributed by atoms with Crippen LogP contribution in [-0.2, 0) is 4.79 Å². The molecule has 0 bridgehead atoms. The number of nitrogens with zero attached hydrogens (tertiary/aromatic N) is 1. The summed E-state index contributed by atoms with van der Waals surface area (Å²) >= 11 is 0. The van der Waals surface area contributed by atoms with Gasteiger partial charge in [0.1, 0.15) is 5.75 Å². The highest BCUT2D eigenvalue weighted by atomic mass is 19.3. The van der Waals surface area contributed by atoms with Crippen LogP contribution in [0.2, 0.25) is 0 Å². The Morgan fingerprint density at radius 2 is 1.64 bits per heavy atom. The van der Waals surface area contributed by atoms with Crippen LogP contribution in [0.1, 0.15) is 44.2 Å². The summed E-state index contributed by atoms with van der Waals surface area (Å²) < 4.78 is 29.1. The Morgan fingerprint density at radius 1 is 1.04 bits per heavy atom. The van der Waals surface area contributed by atoms with Crippen LogP contribution in [0.4, 0.5) is 8.78 Å². The first kappa shape index (κ1) is 20.1. The zero-order chi connectivity index (χ0) is 20.1. The zero-order valence-electron chi connectivity index (χ0n) is 16.1. The molecule has 3 rings (SSSR count). The fraction of sp³-hybridized carbons (Fsp3) is 0.348. The van der Waals surface area contributed by atoms with Gasteiger partial charge in [-0.2, -0.15) is 8.78 Å². The molecule has 0 aliphatic carbocycles. The molecule has 2 aromatic carbocycles. The molecular formula is C23H25F2NO2. The predicted octanol–water partition coefficient (Wildman–Crippen LogP) is 5.62. The summed E-state index contributed by atoms with van der Waals surface area (Å²) in [5.41, 5.74) is 2.19. The molecule has 1 aliphatic heterocycles. The van der Waals surface area contributed by atoms with E-state index >= 15 is 0 Å². The maximum Gasteiger partial charge on any atom is 0.387 e. The van der Waals surface area contributed by atoms with Gasteiger partial charge in [0.15, 0.2) is 0 Å². The molecule has 5 heteroatoms. The summed E-state index contributed by atoms with van der Waals surface area (Å²) in [5, 5.41) is 0. The van der Waals surface area contributed by atoms with Gasteiger partial charge in [-0.1, -0.05) is 42.5 Å². The average Bonchev–Trinajstić information content (AvgIpc) is 2.67. The minimum Gasteiger partial charge on any atom is -0.435 e. The van der Waals surface area contributed by atoms with E-state index in [2.05, 4.69) is 18.6 Å². The maximum atomic E-state index is 13.5. The number of alkyl halides is 2. The van der Waals surface area contributed by atoms with E-state index in [4.69, 9.17) is 0 Å². The van der Waals surface area contributed by atoms with Gasteiger partial charge in [-0.15, -0.1) is 0 Å². The van der Waals surface area contributed by atoms with Gasteiger partial charge in [0.05, 0.1) is 0 Å². The molecule has 1 fully saturated rings. The molecule has 1 aliphatic rings. The summed E-state index contributed by atoms with van der Waals surface area (Å²) in [4.78, 5) is 15.4. The molecule has 2 aromatic rings. The molecule has 0 spiro atoms. The van der Waals surface area contributed by atoms with Gasteiger partial charge < -0.3 is 9.64 Å². The van der Waals surface area contributed by atoms with E-state index in [1.807, 2.05) is 41.3 Å². The van der Waals surface area contributed by atoms with E-state index in [0.29, 0.717) is 5.57 Å². The Bertz CT molecular complexity index is 808. The van der Waals surface area contributed by atoms with E-state index in [9.17, 15) is 13.6 Å². The van der Waals surface area contributed by atoms with E-state index in [0.717, 1.165) is 30.4 Å². The van der Waals surface area contributed by atoms with E-state index in [1.54, 1.807) is 12.1 Å². The fourth-order valence-corrected chi connectivity index (χ4v) is 3.76. The molecule has 28 heavy (non-hydrogen) atoms. The second-order valence-electron chi connectivity index (χ2n) is 7.21. The van der Waals surface area contributed by atoms with Gasteiger partial charge in [-0.25, -0.2) is 0 Å². The molecular weight excluding hydrogens is 360 g/mol. The van der Waals surface area contributed by atoms with Crippen molar-refractivity contribution in [2.45, 2.75) is 51.8 Å². The molecule has 0 N–H and O–H groups in total. The SMILES string of the molecule is C[C@@H]1CCC[C@H](C)N1C(=O)/C(=C\c1ccc(OC(F)F)cc1)c1ccccc1. The van der Waals surface area contributed by atoms with Crippen molar-refractivity contribution in [3.63, 3.8) is 0 Å². The number of carbonyl (C=O) groups is 1. The lowest BCUT2D eigenvalue weighted by molar-refractivity contribution is -0.130. The van der Waals surface area contributed by atoms with Crippen molar-refractivity contribution in [1.82, 2.24) is 4.90 Å². The lowest BCUT2D eigenvalue weighted by Gasteiger charge is -2.39. The monoisotopic (exact) mass is 385 g/mol. The van der Waals surface area contributed by atoms with Crippen LogP contribution >= 0.6 is 0 Å². The van der Waals surface area contributed by atoms with Crippen molar-refractivity contribution < 1.29 is 18.3 Å². The van der Waals surface area contributed by atoms with Gasteiger partial charge in [0, 0.05) is 17.7 Å². The summed E-state index contributed by atoms with van der Waals surface area (Å²) in [7, 11) is 0. The smallest absolute Gasteiger partial charge is 0.387 e. The van der Waals surface area contributed by atoms with Gasteiger partial charge in [0.25, 0.3) is 5.91 Å². The van der Waals surface area contributed by atoms with Crippen LogP contribution in [-0.4, -0.2) is 29.5 Å². The first-order chi connectivity index (χ1) is 13.5. The van der Waals surface area contributed by atoms with Crippen LogP contribution in [0.5, 0.6) is 5.75 Å². The van der Waals surface area contributed by atoms with Crippen LogP contribution in [0.25, 0.3) is 11.6 Å². The first-order valence-electron chi connectivity index (χ1n) is 9.60. The predicted molar refractivity (Wildman–Crippen MR) is 107 cm³/mol. The van der Waals surface area contributed by atoms with Crippen molar-refractivity contribution in [3.05, 3.63) is 65.7 Å². The fourth-order valence-electron chi connectivity index (χ4n) is 3.76. The lowest BCUT2D eigenvalue weighted by Crippen LogP contribution is -2.47. The normalized spacial score (nSPS) is 20.3. The summed E-state index contributed by atoms with van der Waals surface area (Å²) in [5.74, 6) is 0.0943. The van der Waals surface area contributed by atoms with Crippen molar-refractivity contribution >= 4 is 17.6 Å². The molecule has 0 aromatic heterocycles. The topological polar surface area (TPSA) is 29.5 Å². The number of likely N-dealkylation sites (tertiary alicyclic amines) is 1. The van der Waals surface area contributed by atoms with Crippen LogP contribution in [0, 0.1) is 0 Å². The largest absolute Gasteiger partial charge is 0.435 e. The highest BCUT2D eigenvalue weighted by molar-refractivity contribution is 6.24. The summed E-state index contributed by atoms with van der Waals surface area (Å²) in [6.07, 6.45) is 4.94. The van der Waals surface area contributed by atoms with Crippen molar-refractivity contribution in [2.24, 2.45) is 0 Å². The van der Waals surface area contributed by atoms with Gasteiger partial charge in [-0.3, -0.25) is 4.79 Å². The minimum atomic E-state index is -2.86. The number of carbonyl (C=O) groups excluding carboxylic acids is 1. The van der Waals surface area contributed by atoms with Crippen LogP contribution < -0.4 is 4.74 Å². The molecule has 0 unspecified atom stereocenters. The second kappa shape index (κ2) is 9.00. The Morgan fingerprint density at radius 3 is 2.21 bits per heavy atom. The van der Waals surface area contributed by atoms with Gasteiger partial charge >= 0.3 is 6.61 Å². The Kier molecular flexibility index (Phi) is 6.45. The highest BCUT2D eigenvalue weighted by Gasteiger charge is 2.31. The number of piperidine rings is 1. The summed E-state index contributed by atoms with van der Waals surface area (Å²) in [6, 6.07) is 16.2. The van der Waals surface area contributed by atoms with Crippen molar-refractivity contribution in [1.29, 1.82) is 0 Å². The Balaban J connectivity index is 1.95. The summed E-state index contributed by atoms with van der Waals surface area (Å²) in [6.45, 7) is 1.32. The lowest BCUT2D eigenvalue weighted by atomic mass is 9.94. The molecule has 148 valence electrons. The number of amides is 1. The molecule has 1 amide bonds. The second-order valence-corrected chi connectivity index (χ2v) is 7.21. The van der Waals surface area contributed by atoms with E-state index in [1.165, 1.54) is 12.1 Å². The molecule has 3 nitrogen and oxygen atoms in total. The Labute approximate surface area is 164 Å². The highest BCUT2D eigenvalue weighted by Crippen LogP contribution is 2.29. The van der Waals surface area contributed by atoms with Gasteiger partial charge in [0.2, 0.25) is 0 Å². The van der Waals surface area contributed by atoms with Crippen molar-refractivity contribution in [2.75, 3.05) is 0 Å². The van der Waals surface area contributed by atoms with E-state index < -0.39 is 6.61 Å². The van der Waals surface area contributed by atoms with Gasteiger partial charge in [-0.05, 0) is 62.4 Å². The maximum absolute atomic E-state index is 13.5. The molecule has 0 radical (unpaired) electrons. The average molecular weight is 385 g/mol. The third-order valence-corrected chi connectivity index (χ3v) is 5.16. The third-order valence-electron chi connectivity index (χ3n) is 5.16. The number of halogens is 2. The number of hydrogen-bond donors (Lipinski definition) is 0. The number of rotatable bonds is 5. The number of ether oxygens (including phenoxy) is 1. The zero-order valence-corrected chi connectivity index (χ0v) is 16.1. The first-order valence-corrected chi connectivity index (χ1v) is 9.60. The minimum absolute atomic E-state index is 0.00110. The molecule has 1 saturated heterocycles. The van der Waals surface area contributed by atoms with Crippen molar-refractivity contribution in [3.8, 4) is 5.75 Å². The standard InChI is InChI=1S/C23H25F2NO2/c1-16-7-6-8-17(2)26(16)22(27)21(19-9-4-3-5-10-19)15-18-11-13-20(14-12-18)28-23(24)25/h3-5,9-17,23H,6-8H2,1-2H3/b21-15-/t16-,17+. The molecule has 1 heterocycles. The van der Waals surface area contributed by atoms with Crippen LogP contribution in [0.15, 0.2) is 54.6 Å². The van der Waals surface area contributed by atoms with E-state index in [-0.39, 0.29) is 23.7 Å². The number of hydrogen-bond acceptors (Lipinski definition) is 2.